The van der Waals surface area contributed by atoms with Gasteiger partial charge in [-0.05, 0) is 51.1 Å². The third kappa shape index (κ3) is 2.94. The van der Waals surface area contributed by atoms with Crippen LogP contribution in [0.15, 0.2) is 0 Å². The monoisotopic (exact) mass is 212 g/mol. The molecule has 0 bridgehead atoms. The topological polar surface area (TPSA) is 29.3 Å². The lowest BCUT2D eigenvalue weighted by atomic mass is 9.93. The molecule has 0 saturated heterocycles. The molecule has 0 radical (unpaired) electrons. The summed E-state index contributed by atoms with van der Waals surface area (Å²) in [4.78, 5) is 2.66. The van der Waals surface area contributed by atoms with Crippen LogP contribution in [0.2, 0.25) is 0 Å². The van der Waals surface area contributed by atoms with Crippen molar-refractivity contribution in [3.05, 3.63) is 0 Å². The molecular weight excluding hydrogens is 184 g/mol. The largest absolute Gasteiger partial charge is 0.329 e. The Labute approximate surface area is 95.2 Å². The summed E-state index contributed by atoms with van der Waals surface area (Å²) in [5.41, 5.74) is 6.39. The summed E-state index contributed by atoms with van der Waals surface area (Å²) in [6, 6.07) is 0. The van der Waals surface area contributed by atoms with Crippen LogP contribution in [0.4, 0.5) is 0 Å². The molecule has 90 valence electrons. The lowest BCUT2D eigenvalue weighted by Crippen LogP contribution is -2.52. The number of nitrogens with two attached hydrogens (primary N) is 1. The average Bonchev–Trinajstić information content (AvgIpc) is 2.61. The van der Waals surface area contributed by atoms with Crippen molar-refractivity contribution in [1.29, 1.82) is 0 Å². The van der Waals surface area contributed by atoms with Crippen LogP contribution in [0.3, 0.4) is 0 Å². The number of hydrogen-bond acceptors (Lipinski definition) is 2. The van der Waals surface area contributed by atoms with Crippen LogP contribution >= 0.6 is 0 Å². The van der Waals surface area contributed by atoms with Gasteiger partial charge >= 0.3 is 0 Å². The highest BCUT2D eigenvalue weighted by Gasteiger charge is 2.40. The molecule has 0 amide bonds. The molecule has 1 aliphatic rings. The van der Waals surface area contributed by atoms with Gasteiger partial charge in [0.05, 0.1) is 0 Å². The Morgan fingerprint density at radius 2 is 1.87 bits per heavy atom. The predicted molar refractivity (Wildman–Crippen MR) is 67.0 cm³/mol. The van der Waals surface area contributed by atoms with E-state index in [9.17, 15) is 0 Å². The second-order valence-corrected chi connectivity index (χ2v) is 5.26. The zero-order chi connectivity index (χ0) is 11.3. The third-order valence-corrected chi connectivity index (χ3v) is 3.87. The smallest absolute Gasteiger partial charge is 0.0334 e. The highest BCUT2D eigenvalue weighted by molar-refractivity contribution is 4.97. The van der Waals surface area contributed by atoms with E-state index in [1.54, 1.807) is 0 Å². The molecule has 2 nitrogen and oxygen atoms in total. The minimum absolute atomic E-state index is 0.339. The molecule has 0 aromatic carbocycles. The van der Waals surface area contributed by atoms with E-state index in [1.165, 1.54) is 45.2 Å². The molecule has 1 aliphatic carbocycles. The average molecular weight is 212 g/mol. The van der Waals surface area contributed by atoms with Crippen LogP contribution < -0.4 is 5.73 Å². The van der Waals surface area contributed by atoms with Gasteiger partial charge in [-0.25, -0.2) is 0 Å². The van der Waals surface area contributed by atoms with Crippen molar-refractivity contribution in [3.63, 3.8) is 0 Å². The molecule has 2 heteroatoms. The maximum Gasteiger partial charge on any atom is 0.0334 e. The van der Waals surface area contributed by atoms with E-state index in [2.05, 4.69) is 25.7 Å². The second-order valence-electron chi connectivity index (χ2n) is 5.26. The fourth-order valence-corrected chi connectivity index (χ4v) is 3.10. The normalized spacial score (nSPS) is 31.4. The molecule has 15 heavy (non-hydrogen) atoms. The Hall–Kier alpha value is -0.0800. The molecular formula is C13H28N2. The Kier molecular flexibility index (Phi) is 5.07. The van der Waals surface area contributed by atoms with Crippen LogP contribution in [-0.4, -0.2) is 30.1 Å². The first-order valence-electron chi connectivity index (χ1n) is 6.63. The van der Waals surface area contributed by atoms with Crippen molar-refractivity contribution >= 4 is 0 Å². The van der Waals surface area contributed by atoms with E-state index in [-0.39, 0.29) is 0 Å². The summed E-state index contributed by atoms with van der Waals surface area (Å²) in [6.45, 7) is 10.2. The molecule has 1 rings (SSSR count). The van der Waals surface area contributed by atoms with Crippen LogP contribution in [0.1, 0.15) is 52.9 Å². The fraction of sp³-hybridized carbons (Fsp3) is 1.00. The van der Waals surface area contributed by atoms with Crippen molar-refractivity contribution in [1.82, 2.24) is 4.90 Å². The fourth-order valence-electron chi connectivity index (χ4n) is 3.10. The van der Waals surface area contributed by atoms with E-state index in [0.717, 1.165) is 12.5 Å². The third-order valence-electron chi connectivity index (χ3n) is 3.87. The van der Waals surface area contributed by atoms with E-state index >= 15 is 0 Å². The van der Waals surface area contributed by atoms with Crippen molar-refractivity contribution in [2.45, 2.75) is 58.4 Å². The number of nitrogens with zero attached hydrogens (tertiary/aromatic N) is 1. The molecule has 2 atom stereocenters. The molecule has 0 heterocycles. The lowest BCUT2D eigenvalue weighted by Gasteiger charge is -2.41. The summed E-state index contributed by atoms with van der Waals surface area (Å²) in [5, 5.41) is 0. The van der Waals surface area contributed by atoms with Gasteiger partial charge in [0.15, 0.2) is 0 Å². The Balaban J connectivity index is 2.67. The van der Waals surface area contributed by atoms with Crippen LogP contribution in [0.5, 0.6) is 0 Å². The molecule has 0 aromatic rings. The molecule has 2 N–H and O–H groups in total. The minimum atomic E-state index is 0.339. The molecule has 0 spiro atoms. The van der Waals surface area contributed by atoms with Crippen molar-refractivity contribution in [2.75, 3.05) is 19.6 Å². The Bertz CT molecular complexity index is 175. The summed E-state index contributed by atoms with van der Waals surface area (Å²) >= 11 is 0. The maximum absolute atomic E-state index is 6.05. The Morgan fingerprint density at radius 3 is 2.20 bits per heavy atom. The molecule has 0 aliphatic heterocycles. The summed E-state index contributed by atoms with van der Waals surface area (Å²) in [7, 11) is 0. The molecule has 1 fully saturated rings. The molecule has 0 aromatic heterocycles. The van der Waals surface area contributed by atoms with E-state index in [4.69, 9.17) is 5.73 Å². The van der Waals surface area contributed by atoms with Crippen LogP contribution in [0, 0.1) is 5.92 Å². The summed E-state index contributed by atoms with van der Waals surface area (Å²) in [6.07, 6.45) is 6.47. The number of hydrogen-bond donors (Lipinski definition) is 1. The minimum Gasteiger partial charge on any atom is -0.329 e. The van der Waals surface area contributed by atoms with Crippen LogP contribution in [0.25, 0.3) is 0 Å². The van der Waals surface area contributed by atoms with Gasteiger partial charge < -0.3 is 5.73 Å². The van der Waals surface area contributed by atoms with E-state index in [0.29, 0.717) is 5.54 Å². The van der Waals surface area contributed by atoms with Gasteiger partial charge in [0.25, 0.3) is 0 Å². The van der Waals surface area contributed by atoms with Gasteiger partial charge in [-0.1, -0.05) is 20.8 Å². The van der Waals surface area contributed by atoms with E-state index in [1.807, 2.05) is 0 Å². The van der Waals surface area contributed by atoms with Crippen molar-refractivity contribution < 1.29 is 0 Å². The lowest BCUT2D eigenvalue weighted by molar-refractivity contribution is 0.0954. The first kappa shape index (κ1) is 13.0. The van der Waals surface area contributed by atoms with Gasteiger partial charge in [0.2, 0.25) is 0 Å². The van der Waals surface area contributed by atoms with Gasteiger partial charge in [0, 0.05) is 12.1 Å². The predicted octanol–water partition coefficient (Wildman–Crippen LogP) is 2.63. The van der Waals surface area contributed by atoms with Gasteiger partial charge in [0.1, 0.15) is 0 Å². The van der Waals surface area contributed by atoms with Crippen molar-refractivity contribution in [2.24, 2.45) is 11.7 Å². The number of rotatable bonds is 6. The van der Waals surface area contributed by atoms with Crippen molar-refractivity contribution in [3.8, 4) is 0 Å². The zero-order valence-electron chi connectivity index (χ0n) is 10.8. The van der Waals surface area contributed by atoms with Gasteiger partial charge in [-0.15, -0.1) is 0 Å². The maximum atomic E-state index is 6.05. The molecule has 2 unspecified atom stereocenters. The van der Waals surface area contributed by atoms with Gasteiger partial charge in [-0.2, -0.15) is 0 Å². The highest BCUT2D eigenvalue weighted by Crippen LogP contribution is 2.38. The second kappa shape index (κ2) is 5.86. The molecule has 1 saturated carbocycles. The quantitative estimate of drug-likeness (QED) is 0.733. The zero-order valence-corrected chi connectivity index (χ0v) is 10.8. The standard InChI is InChI=1S/C13H28N2/c1-4-8-15(9-5-2)13(11-14)7-6-12(3)10-13/h12H,4-11,14H2,1-3H3. The van der Waals surface area contributed by atoms with Crippen LogP contribution in [-0.2, 0) is 0 Å². The van der Waals surface area contributed by atoms with Gasteiger partial charge in [-0.3, -0.25) is 4.90 Å². The summed E-state index contributed by atoms with van der Waals surface area (Å²) < 4.78 is 0. The summed E-state index contributed by atoms with van der Waals surface area (Å²) in [5.74, 6) is 0.866. The first-order valence-corrected chi connectivity index (χ1v) is 6.63. The first-order chi connectivity index (χ1) is 7.18. The van der Waals surface area contributed by atoms with E-state index < -0.39 is 0 Å². The SMILES string of the molecule is CCCN(CCC)C1(CN)CCC(C)C1. The highest BCUT2D eigenvalue weighted by atomic mass is 15.2. The Morgan fingerprint density at radius 1 is 1.27 bits per heavy atom.